The zero-order chi connectivity index (χ0) is 13.3. The van der Waals surface area contributed by atoms with Gasteiger partial charge in [-0.3, -0.25) is 0 Å². The Balaban J connectivity index is 0.000000293. The zero-order valence-electron chi connectivity index (χ0n) is 9.33. The quantitative estimate of drug-likeness (QED) is 0.494. The van der Waals surface area contributed by atoms with E-state index in [0.29, 0.717) is 5.41 Å². The first-order chi connectivity index (χ1) is 6.55. The molecule has 1 fully saturated rings. The number of hydrogen-bond acceptors (Lipinski definition) is 0. The van der Waals surface area contributed by atoms with Crippen molar-refractivity contribution in [2.24, 2.45) is 5.41 Å². The third-order valence-corrected chi connectivity index (χ3v) is 2.46. The average Bonchev–Trinajstić information content (AvgIpc) is 1.89. The summed E-state index contributed by atoms with van der Waals surface area (Å²) in [6.07, 6.45) is 5.43. The summed E-state index contributed by atoms with van der Waals surface area (Å²) in [6.45, 7) is 4.72. The number of hydrogen-bond donors (Lipinski definition) is 1. The molecule has 1 aliphatic carbocycles. The van der Waals surface area contributed by atoms with Gasteiger partial charge in [-0.2, -0.15) is 0 Å². The van der Waals surface area contributed by atoms with Crippen molar-refractivity contribution < 1.29 is 30.9 Å². The summed E-state index contributed by atoms with van der Waals surface area (Å²) in [5.41, 5.74) is 4.68. The molecule has 16 heavy (non-hydrogen) atoms. The van der Waals surface area contributed by atoms with Crippen LogP contribution < -0.4 is 5.73 Å². The minimum absolute atomic E-state index is 0.619. The fourth-order valence-corrected chi connectivity index (χ4v) is 1.46. The molecular weight excluding hydrogens is 255 g/mol. The molecule has 1 rings (SSSR count). The van der Waals surface area contributed by atoms with E-state index >= 15 is 0 Å². The van der Waals surface area contributed by atoms with Crippen LogP contribution in [0.3, 0.4) is 0 Å². The summed E-state index contributed by atoms with van der Waals surface area (Å²) in [6, 6.07) is 0.748. The van der Waals surface area contributed by atoms with Crippen molar-refractivity contribution in [3.63, 3.8) is 0 Å². The van der Waals surface area contributed by atoms with Crippen LogP contribution in [0.25, 0.3) is 0 Å². The molecule has 0 aromatic heterocycles. The molecule has 102 valence electrons. The molecule has 8 heteroatoms. The molecule has 0 radical (unpaired) electrons. The van der Waals surface area contributed by atoms with Gasteiger partial charge >= 0.3 is 33.0 Å². The second-order valence-electron chi connectivity index (χ2n) is 5.07. The molecule has 3 N–H and O–H groups in total. The molecule has 0 unspecified atom stereocenters. The van der Waals surface area contributed by atoms with Crippen molar-refractivity contribution in [2.45, 2.75) is 45.6 Å². The van der Waals surface area contributed by atoms with Gasteiger partial charge in [0.05, 0.1) is 6.04 Å². The molecule has 0 aliphatic heterocycles. The number of halogens is 6. The second-order valence-corrected chi connectivity index (χ2v) is 6.98. The Hall–Kier alpha value is -0.0300. The third-order valence-electron chi connectivity index (χ3n) is 2.46. The SMILES string of the molecule is CC1(C)CCC([NH3+])CC1.F[P-](F)(F)(F)(F)F. The average molecular weight is 273 g/mol. The van der Waals surface area contributed by atoms with Crippen molar-refractivity contribution in [3.8, 4) is 0 Å². The van der Waals surface area contributed by atoms with Crippen LogP contribution in [0.15, 0.2) is 0 Å². The van der Waals surface area contributed by atoms with Gasteiger partial charge < -0.3 is 5.73 Å². The Bertz CT molecular complexity index is 221. The Morgan fingerprint density at radius 3 is 1.38 bits per heavy atom. The summed E-state index contributed by atoms with van der Waals surface area (Å²) in [7, 11) is -10.7. The molecule has 0 saturated heterocycles. The van der Waals surface area contributed by atoms with Crippen LogP contribution in [0, 0.1) is 5.41 Å². The molecule has 1 saturated carbocycles. The number of quaternary nitrogens is 1. The molecule has 0 bridgehead atoms. The van der Waals surface area contributed by atoms with E-state index in [2.05, 4.69) is 19.6 Å². The third kappa shape index (κ3) is 16.4. The van der Waals surface area contributed by atoms with Crippen LogP contribution >= 0.6 is 7.81 Å². The van der Waals surface area contributed by atoms with Crippen molar-refractivity contribution in [1.29, 1.82) is 0 Å². The molecule has 0 heterocycles. The van der Waals surface area contributed by atoms with E-state index in [1.54, 1.807) is 0 Å². The van der Waals surface area contributed by atoms with E-state index < -0.39 is 7.81 Å². The monoisotopic (exact) mass is 273 g/mol. The maximum absolute atomic E-state index is 10.7. The Morgan fingerprint density at radius 2 is 1.19 bits per heavy atom. The number of rotatable bonds is 0. The predicted molar refractivity (Wildman–Crippen MR) is 52.5 cm³/mol. The summed E-state index contributed by atoms with van der Waals surface area (Å²) < 4.78 is 59.2. The summed E-state index contributed by atoms with van der Waals surface area (Å²) in [4.78, 5) is 0. The zero-order valence-corrected chi connectivity index (χ0v) is 10.2. The van der Waals surface area contributed by atoms with Gasteiger partial charge in [-0.25, -0.2) is 0 Å². The molecule has 1 nitrogen and oxygen atoms in total. The fourth-order valence-electron chi connectivity index (χ4n) is 1.46. The molecular formula is C8H18F6NP. The van der Waals surface area contributed by atoms with Gasteiger partial charge in [0.15, 0.2) is 0 Å². The van der Waals surface area contributed by atoms with E-state index in [4.69, 9.17) is 0 Å². The van der Waals surface area contributed by atoms with Crippen LogP contribution in [0.5, 0.6) is 0 Å². The molecule has 0 atom stereocenters. The minimum atomic E-state index is -10.7. The van der Waals surface area contributed by atoms with Crippen LogP contribution in [0.1, 0.15) is 39.5 Å². The Labute approximate surface area is 90.6 Å². The molecule has 1 aliphatic rings. The van der Waals surface area contributed by atoms with Crippen LogP contribution in [-0.4, -0.2) is 6.04 Å². The van der Waals surface area contributed by atoms with Crippen molar-refractivity contribution in [1.82, 2.24) is 0 Å². The maximum atomic E-state index is 9.87. The van der Waals surface area contributed by atoms with Gasteiger partial charge in [0.1, 0.15) is 0 Å². The second kappa shape index (κ2) is 3.73. The van der Waals surface area contributed by atoms with Gasteiger partial charge in [0, 0.05) is 0 Å². The molecule has 0 spiro atoms. The first-order valence-electron chi connectivity index (χ1n) is 4.95. The molecule has 0 aromatic carbocycles. The van der Waals surface area contributed by atoms with Gasteiger partial charge in [-0.1, -0.05) is 13.8 Å². The van der Waals surface area contributed by atoms with Crippen LogP contribution in [-0.2, 0) is 0 Å². The van der Waals surface area contributed by atoms with Crippen molar-refractivity contribution >= 4 is 7.81 Å². The molecule has 0 amide bonds. The fraction of sp³-hybridized carbons (Fsp3) is 1.00. The predicted octanol–water partition coefficient (Wildman–Crippen LogP) is 4.58. The summed E-state index contributed by atoms with van der Waals surface area (Å²) in [5, 5.41) is 0. The summed E-state index contributed by atoms with van der Waals surface area (Å²) >= 11 is 0. The van der Waals surface area contributed by atoms with Gasteiger partial charge in [-0.05, 0) is 31.1 Å². The molecule has 0 aromatic rings. The van der Waals surface area contributed by atoms with E-state index in [9.17, 15) is 25.2 Å². The van der Waals surface area contributed by atoms with Crippen LogP contribution in [0.4, 0.5) is 25.2 Å². The topological polar surface area (TPSA) is 27.6 Å². The van der Waals surface area contributed by atoms with E-state index in [1.807, 2.05) is 0 Å². The Kier molecular flexibility index (Phi) is 3.73. The first-order valence-corrected chi connectivity index (χ1v) is 6.97. The van der Waals surface area contributed by atoms with Crippen molar-refractivity contribution in [2.75, 3.05) is 0 Å². The van der Waals surface area contributed by atoms with Crippen molar-refractivity contribution in [3.05, 3.63) is 0 Å². The van der Waals surface area contributed by atoms with E-state index in [-0.39, 0.29) is 0 Å². The first kappa shape index (κ1) is 16.0. The normalized spacial score (nSPS) is 26.1. The summed E-state index contributed by atoms with van der Waals surface area (Å²) in [5.74, 6) is 0. The van der Waals surface area contributed by atoms with Gasteiger partial charge in [0.2, 0.25) is 0 Å². The standard InChI is InChI=1S/C8H17N.F6P/c1-8(2)5-3-7(9)4-6-8;1-7(2,3,4,5)6/h7H,3-6,9H2,1-2H3;/q;-1/p+1. The Morgan fingerprint density at radius 1 is 0.938 bits per heavy atom. The van der Waals surface area contributed by atoms with E-state index in [0.717, 1.165) is 6.04 Å². The van der Waals surface area contributed by atoms with E-state index in [1.165, 1.54) is 25.7 Å². The van der Waals surface area contributed by atoms with Crippen LogP contribution in [0.2, 0.25) is 0 Å². The van der Waals surface area contributed by atoms with Gasteiger partial charge in [-0.15, -0.1) is 0 Å². The van der Waals surface area contributed by atoms with Gasteiger partial charge in [0.25, 0.3) is 0 Å².